The number of rotatable bonds is 6. The maximum Gasteiger partial charge on any atom is 0.127 e. The smallest absolute Gasteiger partial charge is 0.127 e. The Morgan fingerprint density at radius 2 is 1.38 bits per heavy atom. The van der Waals surface area contributed by atoms with E-state index in [4.69, 9.17) is 4.74 Å². The molecular formula is C28H34O. The average molecular weight is 387 g/mol. The third kappa shape index (κ3) is 7.12. The fraction of sp³-hybridized carbons (Fsp3) is 0.214. The molecule has 0 heterocycles. The summed E-state index contributed by atoms with van der Waals surface area (Å²) in [5.74, 6) is 0.888. The van der Waals surface area contributed by atoms with Crippen LogP contribution in [0.25, 0.3) is 17.2 Å². The zero-order chi connectivity index (χ0) is 21.5. The first-order chi connectivity index (χ1) is 14.3. The molecule has 0 N–H and O–H groups in total. The quantitative estimate of drug-likeness (QED) is 0.386. The summed E-state index contributed by atoms with van der Waals surface area (Å²) in [6, 6.07) is 24.8. The maximum atomic E-state index is 6.11. The van der Waals surface area contributed by atoms with Crippen molar-refractivity contribution < 1.29 is 4.74 Å². The average Bonchev–Trinajstić information content (AvgIpc) is 2.81. The molecule has 0 saturated carbocycles. The van der Waals surface area contributed by atoms with Crippen LogP contribution in [0, 0.1) is 6.92 Å². The van der Waals surface area contributed by atoms with E-state index in [1.54, 1.807) is 6.08 Å². The lowest BCUT2D eigenvalue weighted by Gasteiger charge is -2.15. The highest BCUT2D eigenvalue weighted by Gasteiger charge is 2.10. The Morgan fingerprint density at radius 1 is 0.793 bits per heavy atom. The van der Waals surface area contributed by atoms with Gasteiger partial charge in [-0.3, -0.25) is 0 Å². The van der Waals surface area contributed by atoms with Gasteiger partial charge in [0.15, 0.2) is 0 Å². The van der Waals surface area contributed by atoms with Crippen molar-refractivity contribution in [2.45, 2.75) is 41.2 Å². The Balaban J connectivity index is 0.000000989. The van der Waals surface area contributed by atoms with E-state index in [9.17, 15) is 0 Å². The van der Waals surface area contributed by atoms with Crippen LogP contribution in [0.2, 0.25) is 0 Å². The van der Waals surface area contributed by atoms with Gasteiger partial charge in [0.05, 0.1) is 0 Å². The van der Waals surface area contributed by atoms with Crippen LogP contribution in [0.15, 0.2) is 91.5 Å². The molecule has 152 valence electrons. The molecule has 0 aliphatic rings. The van der Waals surface area contributed by atoms with Gasteiger partial charge in [0.25, 0.3) is 0 Å². The fourth-order valence-corrected chi connectivity index (χ4v) is 2.87. The molecule has 3 aromatic carbocycles. The van der Waals surface area contributed by atoms with Gasteiger partial charge in [-0.25, -0.2) is 0 Å². The van der Waals surface area contributed by atoms with E-state index in [0.29, 0.717) is 6.61 Å². The Labute approximate surface area is 177 Å². The van der Waals surface area contributed by atoms with Crippen LogP contribution >= 0.6 is 0 Å². The van der Waals surface area contributed by atoms with Crippen molar-refractivity contribution in [2.24, 2.45) is 0 Å². The van der Waals surface area contributed by atoms with Crippen LogP contribution in [0.4, 0.5) is 0 Å². The summed E-state index contributed by atoms with van der Waals surface area (Å²) < 4.78 is 6.11. The Morgan fingerprint density at radius 3 is 1.97 bits per heavy atom. The van der Waals surface area contributed by atoms with Gasteiger partial charge in [-0.15, -0.1) is 0 Å². The van der Waals surface area contributed by atoms with E-state index < -0.39 is 0 Å². The van der Waals surface area contributed by atoms with Crippen LogP contribution in [0.5, 0.6) is 5.75 Å². The predicted octanol–water partition coefficient (Wildman–Crippen LogP) is 8.49. The highest BCUT2D eigenvalue weighted by molar-refractivity contribution is 5.75. The minimum atomic E-state index is 0.555. The Bertz CT molecular complexity index is 862. The van der Waals surface area contributed by atoms with Crippen molar-refractivity contribution in [2.75, 3.05) is 0 Å². The minimum Gasteiger partial charge on any atom is -0.488 e. The molecule has 29 heavy (non-hydrogen) atoms. The van der Waals surface area contributed by atoms with Gasteiger partial charge < -0.3 is 4.74 Å². The van der Waals surface area contributed by atoms with E-state index in [-0.39, 0.29) is 0 Å². The van der Waals surface area contributed by atoms with E-state index in [1.807, 2.05) is 58.0 Å². The molecule has 0 radical (unpaired) electrons. The van der Waals surface area contributed by atoms with Gasteiger partial charge in [-0.1, -0.05) is 119 Å². The monoisotopic (exact) mass is 386 g/mol. The molecule has 0 atom stereocenters. The van der Waals surface area contributed by atoms with Crippen molar-refractivity contribution in [1.29, 1.82) is 0 Å². The van der Waals surface area contributed by atoms with Gasteiger partial charge in [0, 0.05) is 5.56 Å². The van der Waals surface area contributed by atoms with Gasteiger partial charge in [0.1, 0.15) is 12.4 Å². The van der Waals surface area contributed by atoms with Gasteiger partial charge >= 0.3 is 0 Å². The molecule has 3 aromatic rings. The van der Waals surface area contributed by atoms with Crippen LogP contribution in [0.3, 0.4) is 0 Å². The largest absolute Gasteiger partial charge is 0.488 e. The highest BCUT2D eigenvalue weighted by atomic mass is 16.5. The summed E-state index contributed by atoms with van der Waals surface area (Å²) in [6.07, 6.45) is 5.80. The molecule has 0 unspecified atom stereocenters. The van der Waals surface area contributed by atoms with Crippen LogP contribution < -0.4 is 4.74 Å². The zero-order valence-corrected chi connectivity index (χ0v) is 18.5. The molecule has 0 saturated heterocycles. The lowest BCUT2D eigenvalue weighted by Crippen LogP contribution is -1.99. The first-order valence-corrected chi connectivity index (χ1v) is 10.4. The van der Waals surface area contributed by atoms with Gasteiger partial charge in [-0.05, 0) is 35.2 Å². The van der Waals surface area contributed by atoms with E-state index in [2.05, 4.69) is 68.1 Å². The number of allylic oxidation sites excluding steroid dienone is 2. The van der Waals surface area contributed by atoms with Crippen molar-refractivity contribution in [3.8, 4) is 16.9 Å². The lowest BCUT2D eigenvalue weighted by atomic mass is 9.95. The SMILES string of the molecule is C=C/C=C\c1c(OCc2ccccc2)ccc(-c2ccccc2)c1C.CC.CC. The molecule has 1 nitrogen and oxygen atoms in total. The molecule has 0 spiro atoms. The van der Waals surface area contributed by atoms with Crippen LogP contribution in [-0.2, 0) is 6.61 Å². The van der Waals surface area contributed by atoms with Crippen molar-refractivity contribution >= 4 is 6.08 Å². The molecule has 0 aliphatic carbocycles. The summed E-state index contributed by atoms with van der Waals surface area (Å²) in [6.45, 7) is 14.5. The standard InChI is InChI=1S/C24H22O.2C2H6/c1-3-4-15-23-19(2)22(21-13-9-6-10-14-21)16-17-24(23)25-18-20-11-7-5-8-12-20;2*1-2/h3-17H,1,18H2,2H3;2*1-2H3/b15-4-;;. The maximum absolute atomic E-state index is 6.11. The van der Waals surface area contributed by atoms with E-state index in [0.717, 1.165) is 16.9 Å². The molecule has 0 fully saturated rings. The van der Waals surface area contributed by atoms with Crippen LogP contribution in [0.1, 0.15) is 44.4 Å². The van der Waals surface area contributed by atoms with Crippen LogP contribution in [-0.4, -0.2) is 0 Å². The molecule has 1 heteroatoms. The second kappa shape index (κ2) is 14.0. The summed E-state index contributed by atoms with van der Waals surface area (Å²) in [5, 5.41) is 0. The van der Waals surface area contributed by atoms with Gasteiger partial charge in [-0.2, -0.15) is 0 Å². The molecule has 0 bridgehead atoms. The zero-order valence-electron chi connectivity index (χ0n) is 18.5. The third-order valence-electron chi connectivity index (χ3n) is 4.20. The topological polar surface area (TPSA) is 9.23 Å². The Kier molecular flexibility index (Phi) is 11.6. The number of hydrogen-bond acceptors (Lipinski definition) is 1. The molecular weight excluding hydrogens is 352 g/mol. The lowest BCUT2D eigenvalue weighted by molar-refractivity contribution is 0.305. The first kappa shape index (κ1) is 24.0. The third-order valence-corrected chi connectivity index (χ3v) is 4.20. The normalized spacial score (nSPS) is 9.69. The second-order valence-electron chi connectivity index (χ2n) is 5.89. The van der Waals surface area contributed by atoms with Crippen molar-refractivity contribution in [3.63, 3.8) is 0 Å². The Hall–Kier alpha value is -3.06. The van der Waals surface area contributed by atoms with E-state index >= 15 is 0 Å². The van der Waals surface area contributed by atoms with Crippen molar-refractivity contribution in [1.82, 2.24) is 0 Å². The van der Waals surface area contributed by atoms with E-state index in [1.165, 1.54) is 16.7 Å². The molecule has 0 aliphatic heterocycles. The predicted molar refractivity (Wildman–Crippen MR) is 129 cm³/mol. The summed E-state index contributed by atoms with van der Waals surface area (Å²) in [4.78, 5) is 0. The minimum absolute atomic E-state index is 0.555. The number of hydrogen-bond donors (Lipinski definition) is 0. The molecule has 0 aromatic heterocycles. The van der Waals surface area contributed by atoms with Gasteiger partial charge in [0.2, 0.25) is 0 Å². The number of benzene rings is 3. The highest BCUT2D eigenvalue weighted by Crippen LogP contribution is 2.33. The fourth-order valence-electron chi connectivity index (χ4n) is 2.87. The molecule has 0 amide bonds. The molecule has 3 rings (SSSR count). The first-order valence-electron chi connectivity index (χ1n) is 10.4. The summed E-state index contributed by atoms with van der Waals surface area (Å²) in [7, 11) is 0. The van der Waals surface area contributed by atoms with Crippen molar-refractivity contribution in [3.05, 3.63) is 108 Å². The second-order valence-corrected chi connectivity index (χ2v) is 5.89. The summed E-state index contributed by atoms with van der Waals surface area (Å²) in [5.41, 5.74) is 5.89. The summed E-state index contributed by atoms with van der Waals surface area (Å²) >= 11 is 0. The number of ether oxygens (including phenoxy) is 1.